The van der Waals surface area contributed by atoms with Crippen LogP contribution in [0.25, 0.3) is 0 Å². The molecule has 0 bridgehead atoms. The number of alkyl halides is 1. The predicted octanol–water partition coefficient (Wildman–Crippen LogP) is 6.26. The molecule has 0 aromatic heterocycles. The van der Waals surface area contributed by atoms with Crippen LogP contribution < -0.4 is 9.47 Å². The van der Waals surface area contributed by atoms with Crippen molar-refractivity contribution in [2.24, 2.45) is 0 Å². The quantitative estimate of drug-likeness (QED) is 0.508. The van der Waals surface area contributed by atoms with Crippen molar-refractivity contribution in [3.05, 3.63) is 56.0 Å². The Morgan fingerprint density at radius 3 is 2.33 bits per heavy atom. The van der Waals surface area contributed by atoms with Crippen molar-refractivity contribution < 1.29 is 9.47 Å². The van der Waals surface area contributed by atoms with E-state index in [-0.39, 0.29) is 4.83 Å². The Balaban J connectivity index is 2.52. The Bertz CT molecular complexity index is 642. The van der Waals surface area contributed by atoms with Gasteiger partial charge < -0.3 is 9.47 Å². The first-order valence-corrected chi connectivity index (χ1v) is 8.44. The van der Waals surface area contributed by atoms with Crippen LogP contribution in [-0.4, -0.2) is 14.2 Å². The zero-order valence-electron chi connectivity index (χ0n) is 11.3. The van der Waals surface area contributed by atoms with Gasteiger partial charge in [0, 0.05) is 15.1 Å². The van der Waals surface area contributed by atoms with E-state index in [9.17, 15) is 0 Å². The van der Waals surface area contributed by atoms with Gasteiger partial charge in [0.2, 0.25) is 0 Å². The lowest BCUT2D eigenvalue weighted by Gasteiger charge is -2.18. The van der Waals surface area contributed by atoms with Crippen LogP contribution in [0.3, 0.4) is 0 Å². The van der Waals surface area contributed by atoms with Gasteiger partial charge >= 0.3 is 0 Å². The lowest BCUT2D eigenvalue weighted by molar-refractivity contribution is 0.392. The number of methoxy groups -OCH3 is 2. The maximum atomic E-state index is 6.30. The lowest BCUT2D eigenvalue weighted by atomic mass is 10.0. The summed E-state index contributed by atoms with van der Waals surface area (Å²) in [4.78, 5) is -0.106. The van der Waals surface area contributed by atoms with Gasteiger partial charge in [-0.05, 0) is 29.8 Å². The molecular weight excluding hydrogens is 443 g/mol. The third kappa shape index (κ3) is 3.67. The maximum Gasteiger partial charge on any atom is 0.145 e. The molecule has 0 saturated heterocycles. The number of benzene rings is 2. The summed E-state index contributed by atoms with van der Waals surface area (Å²) in [5, 5.41) is 1.10. The molecule has 0 aliphatic rings. The van der Waals surface area contributed by atoms with Crippen molar-refractivity contribution in [1.82, 2.24) is 0 Å². The highest BCUT2D eigenvalue weighted by atomic mass is 79.9. The zero-order valence-corrected chi connectivity index (χ0v) is 16.0. The van der Waals surface area contributed by atoms with Crippen LogP contribution in [0.15, 0.2) is 34.8 Å². The van der Waals surface area contributed by atoms with E-state index in [0.717, 1.165) is 15.6 Å². The molecule has 1 unspecified atom stereocenters. The average molecular weight is 455 g/mol. The van der Waals surface area contributed by atoms with Crippen LogP contribution in [0.2, 0.25) is 10.0 Å². The molecule has 6 heteroatoms. The Morgan fingerprint density at radius 1 is 1.05 bits per heavy atom. The highest BCUT2D eigenvalue weighted by Gasteiger charge is 2.20. The first-order valence-electron chi connectivity index (χ1n) is 5.98. The molecule has 0 spiro atoms. The third-order valence-corrected chi connectivity index (χ3v) is 5.02. The van der Waals surface area contributed by atoms with Crippen molar-refractivity contribution >= 4 is 55.1 Å². The Kier molecular flexibility index (Phi) is 5.83. The molecule has 0 fully saturated rings. The van der Waals surface area contributed by atoms with Gasteiger partial charge in [0.25, 0.3) is 0 Å². The Labute approximate surface area is 150 Å². The molecule has 0 radical (unpaired) electrons. The van der Waals surface area contributed by atoms with Crippen molar-refractivity contribution in [3.8, 4) is 11.5 Å². The van der Waals surface area contributed by atoms with E-state index in [2.05, 4.69) is 31.9 Å². The fourth-order valence-electron chi connectivity index (χ4n) is 2.02. The first kappa shape index (κ1) is 16.9. The van der Waals surface area contributed by atoms with Crippen molar-refractivity contribution in [2.75, 3.05) is 14.2 Å². The SMILES string of the molecule is COc1ccc(C(Br)c2cc(Cl)cc(Br)c2)c(OC)c1Cl. The topological polar surface area (TPSA) is 18.5 Å². The number of rotatable bonds is 4. The minimum atomic E-state index is -0.106. The highest BCUT2D eigenvalue weighted by molar-refractivity contribution is 9.10. The van der Waals surface area contributed by atoms with E-state index in [0.29, 0.717) is 21.5 Å². The average Bonchev–Trinajstić information content (AvgIpc) is 2.45. The van der Waals surface area contributed by atoms with Crippen LogP contribution in [0, 0.1) is 0 Å². The van der Waals surface area contributed by atoms with Crippen LogP contribution in [-0.2, 0) is 0 Å². The molecule has 2 nitrogen and oxygen atoms in total. The summed E-state index contributed by atoms with van der Waals surface area (Å²) in [7, 11) is 3.15. The number of ether oxygens (including phenoxy) is 2. The second-order valence-corrected chi connectivity index (χ2v) is 6.92. The minimum Gasteiger partial charge on any atom is -0.495 e. The standard InChI is InChI=1S/C15H12Br2Cl2O2/c1-20-12-4-3-11(15(21-2)14(12)19)13(17)8-5-9(16)7-10(18)6-8/h3-7,13H,1-2H3. The predicted molar refractivity (Wildman–Crippen MR) is 94.5 cm³/mol. The minimum absolute atomic E-state index is 0.106. The molecule has 1 atom stereocenters. The molecule has 2 rings (SSSR count). The molecular formula is C15H12Br2Cl2O2. The summed E-state index contributed by atoms with van der Waals surface area (Å²) in [6.45, 7) is 0. The zero-order chi connectivity index (χ0) is 15.6. The van der Waals surface area contributed by atoms with E-state index in [1.165, 1.54) is 0 Å². The van der Waals surface area contributed by atoms with E-state index < -0.39 is 0 Å². The summed E-state index contributed by atoms with van der Waals surface area (Å²) in [5.41, 5.74) is 1.89. The Morgan fingerprint density at radius 2 is 1.76 bits per heavy atom. The van der Waals surface area contributed by atoms with Gasteiger partial charge in [-0.1, -0.05) is 61.1 Å². The normalized spacial score (nSPS) is 12.1. The van der Waals surface area contributed by atoms with Crippen LogP contribution in [0.5, 0.6) is 11.5 Å². The third-order valence-electron chi connectivity index (χ3n) is 2.97. The number of hydrogen-bond donors (Lipinski definition) is 0. The molecule has 2 aromatic carbocycles. The van der Waals surface area contributed by atoms with Gasteiger partial charge in [-0.2, -0.15) is 0 Å². The molecule has 0 aliphatic heterocycles. The second kappa shape index (κ2) is 7.23. The van der Waals surface area contributed by atoms with Crippen molar-refractivity contribution in [3.63, 3.8) is 0 Å². The van der Waals surface area contributed by atoms with Gasteiger partial charge in [0.15, 0.2) is 0 Å². The van der Waals surface area contributed by atoms with Crippen molar-refractivity contribution in [1.29, 1.82) is 0 Å². The smallest absolute Gasteiger partial charge is 0.145 e. The summed E-state index contributed by atoms with van der Waals surface area (Å²) in [6.07, 6.45) is 0. The summed E-state index contributed by atoms with van der Waals surface area (Å²) in [6, 6.07) is 9.45. The van der Waals surface area contributed by atoms with Gasteiger partial charge in [-0.3, -0.25) is 0 Å². The van der Waals surface area contributed by atoms with E-state index in [4.69, 9.17) is 32.7 Å². The molecule has 0 amide bonds. The van der Waals surface area contributed by atoms with Crippen LogP contribution >= 0.6 is 55.1 Å². The summed E-state index contributed by atoms with van der Waals surface area (Å²) < 4.78 is 11.6. The fourth-order valence-corrected chi connectivity index (χ4v) is 3.86. The first-order chi connectivity index (χ1) is 9.97. The second-order valence-electron chi connectivity index (χ2n) is 4.27. The summed E-state index contributed by atoms with van der Waals surface area (Å²) >= 11 is 19.5. The molecule has 0 aliphatic carbocycles. The van der Waals surface area contributed by atoms with Gasteiger partial charge in [-0.15, -0.1) is 0 Å². The van der Waals surface area contributed by atoms with Crippen LogP contribution in [0.4, 0.5) is 0 Å². The fraction of sp³-hybridized carbons (Fsp3) is 0.200. The molecule has 0 N–H and O–H groups in total. The lowest BCUT2D eigenvalue weighted by Crippen LogP contribution is -1.99. The highest BCUT2D eigenvalue weighted by Crippen LogP contribution is 2.44. The molecule has 21 heavy (non-hydrogen) atoms. The van der Waals surface area contributed by atoms with Gasteiger partial charge in [0.1, 0.15) is 16.5 Å². The molecule has 0 saturated carbocycles. The number of halogens is 4. The Hall–Kier alpha value is -0.420. The largest absolute Gasteiger partial charge is 0.495 e. The summed E-state index contributed by atoms with van der Waals surface area (Å²) in [5.74, 6) is 1.15. The van der Waals surface area contributed by atoms with E-state index in [1.807, 2.05) is 30.3 Å². The van der Waals surface area contributed by atoms with Crippen LogP contribution in [0.1, 0.15) is 16.0 Å². The number of hydrogen-bond acceptors (Lipinski definition) is 2. The van der Waals surface area contributed by atoms with E-state index >= 15 is 0 Å². The van der Waals surface area contributed by atoms with Crippen molar-refractivity contribution in [2.45, 2.75) is 4.83 Å². The van der Waals surface area contributed by atoms with Gasteiger partial charge in [-0.25, -0.2) is 0 Å². The maximum absolute atomic E-state index is 6.30. The molecule has 112 valence electrons. The monoisotopic (exact) mass is 452 g/mol. The molecule has 2 aromatic rings. The van der Waals surface area contributed by atoms with E-state index in [1.54, 1.807) is 14.2 Å². The molecule has 0 heterocycles. The van der Waals surface area contributed by atoms with Gasteiger partial charge in [0.05, 0.1) is 19.0 Å².